The van der Waals surface area contributed by atoms with Crippen LogP contribution in [-0.2, 0) is 4.74 Å². The van der Waals surface area contributed by atoms with E-state index in [0.717, 1.165) is 10.7 Å². The Hall–Kier alpha value is -1.14. The molecule has 2 rings (SSSR count). The zero-order valence-electron chi connectivity index (χ0n) is 10.5. The smallest absolute Gasteiger partial charge is 0.435 e. The van der Waals surface area contributed by atoms with Crippen molar-refractivity contribution in [3.8, 4) is 0 Å². The summed E-state index contributed by atoms with van der Waals surface area (Å²) in [5.41, 5.74) is -0.657. The second-order valence-corrected chi connectivity index (χ2v) is 6.15. The van der Waals surface area contributed by atoms with Gasteiger partial charge in [0.1, 0.15) is 15.7 Å². The van der Waals surface area contributed by atoms with Gasteiger partial charge in [-0.15, -0.1) is 0 Å². The molecule has 0 fully saturated rings. The quantitative estimate of drug-likeness (QED) is 0.709. The Labute approximate surface area is 122 Å². The van der Waals surface area contributed by atoms with Crippen molar-refractivity contribution < 1.29 is 13.9 Å². The van der Waals surface area contributed by atoms with Crippen molar-refractivity contribution in [3.05, 3.63) is 27.6 Å². The minimum absolute atomic E-state index is 0.0329. The summed E-state index contributed by atoms with van der Waals surface area (Å²) in [4.78, 5) is 12.0. The zero-order valence-corrected chi connectivity index (χ0v) is 12.8. The van der Waals surface area contributed by atoms with Gasteiger partial charge in [0.25, 0.3) is 0 Å². The highest BCUT2D eigenvalue weighted by atomic mass is 79.9. The summed E-state index contributed by atoms with van der Waals surface area (Å²) < 4.78 is 20.3. The van der Waals surface area contributed by atoms with Crippen LogP contribution in [0.3, 0.4) is 0 Å². The monoisotopic (exact) mass is 348 g/mol. The largest absolute Gasteiger partial charge is 0.442 e. The molecule has 0 N–H and O–H groups in total. The number of aromatic nitrogens is 2. The van der Waals surface area contributed by atoms with Crippen LogP contribution in [0.2, 0.25) is 5.02 Å². The molecule has 0 saturated heterocycles. The number of hydrogen-bond acceptors (Lipinski definition) is 3. The SMILES string of the molecule is CC(C)(C)OC(=O)n1nc(Br)c2cc(Cl)cc(F)c21. The Morgan fingerprint density at radius 1 is 1.47 bits per heavy atom. The molecule has 0 bridgehead atoms. The van der Waals surface area contributed by atoms with E-state index < -0.39 is 17.5 Å². The van der Waals surface area contributed by atoms with E-state index in [9.17, 15) is 9.18 Å². The number of rotatable bonds is 0. The first-order chi connectivity index (χ1) is 8.69. The van der Waals surface area contributed by atoms with Crippen molar-refractivity contribution in [1.82, 2.24) is 9.78 Å². The van der Waals surface area contributed by atoms with Gasteiger partial charge in [-0.3, -0.25) is 0 Å². The summed E-state index contributed by atoms with van der Waals surface area (Å²) in [5.74, 6) is -0.633. The van der Waals surface area contributed by atoms with Gasteiger partial charge in [0.05, 0.1) is 0 Å². The number of carbonyl (C=O) groups is 1. The number of fused-ring (bicyclic) bond motifs is 1. The van der Waals surface area contributed by atoms with Crippen LogP contribution in [0.4, 0.5) is 9.18 Å². The molecule has 0 atom stereocenters. The highest BCUT2D eigenvalue weighted by Gasteiger charge is 2.23. The minimum Gasteiger partial charge on any atom is -0.442 e. The van der Waals surface area contributed by atoms with Crippen molar-refractivity contribution >= 4 is 44.5 Å². The van der Waals surface area contributed by atoms with E-state index in [1.807, 2.05) is 0 Å². The molecule has 19 heavy (non-hydrogen) atoms. The molecule has 0 unspecified atom stereocenters. The first-order valence-electron chi connectivity index (χ1n) is 5.45. The molecule has 0 radical (unpaired) electrons. The molecule has 0 aliphatic heterocycles. The lowest BCUT2D eigenvalue weighted by Gasteiger charge is -2.19. The fraction of sp³-hybridized carbons (Fsp3) is 0.333. The third kappa shape index (κ3) is 2.90. The van der Waals surface area contributed by atoms with Gasteiger partial charge in [0, 0.05) is 10.4 Å². The number of carbonyl (C=O) groups excluding carboxylic acids is 1. The Balaban J connectivity index is 2.59. The lowest BCUT2D eigenvalue weighted by molar-refractivity contribution is 0.0521. The van der Waals surface area contributed by atoms with E-state index in [4.69, 9.17) is 16.3 Å². The summed E-state index contributed by atoms with van der Waals surface area (Å²) in [5, 5.41) is 4.58. The molecule has 0 spiro atoms. The molecule has 4 nitrogen and oxygen atoms in total. The molecule has 0 aliphatic carbocycles. The molecule has 2 aromatic rings. The van der Waals surface area contributed by atoms with Gasteiger partial charge in [0.2, 0.25) is 0 Å². The average molecular weight is 350 g/mol. The van der Waals surface area contributed by atoms with Crippen LogP contribution in [0.5, 0.6) is 0 Å². The number of ether oxygens (including phenoxy) is 1. The van der Waals surface area contributed by atoms with E-state index in [1.54, 1.807) is 20.8 Å². The summed E-state index contributed by atoms with van der Waals surface area (Å²) in [6.07, 6.45) is -0.746. The van der Waals surface area contributed by atoms with Crippen molar-refractivity contribution in [2.75, 3.05) is 0 Å². The molecule has 102 valence electrons. The number of nitrogens with zero attached hydrogens (tertiary/aromatic N) is 2. The van der Waals surface area contributed by atoms with Gasteiger partial charge in [-0.1, -0.05) is 11.6 Å². The van der Waals surface area contributed by atoms with Gasteiger partial charge >= 0.3 is 6.09 Å². The van der Waals surface area contributed by atoms with Crippen molar-refractivity contribution in [3.63, 3.8) is 0 Å². The minimum atomic E-state index is -0.746. The number of halogens is 3. The first-order valence-corrected chi connectivity index (χ1v) is 6.63. The second-order valence-electron chi connectivity index (χ2n) is 4.97. The lowest BCUT2D eigenvalue weighted by atomic mass is 10.2. The van der Waals surface area contributed by atoms with Gasteiger partial charge in [0.15, 0.2) is 5.82 Å². The average Bonchev–Trinajstić information content (AvgIpc) is 2.54. The van der Waals surface area contributed by atoms with Crippen LogP contribution >= 0.6 is 27.5 Å². The van der Waals surface area contributed by atoms with Crippen molar-refractivity contribution in [2.45, 2.75) is 26.4 Å². The normalized spacial score (nSPS) is 11.9. The maximum Gasteiger partial charge on any atom is 0.435 e. The predicted octanol–water partition coefficient (Wildman–Crippen LogP) is 4.37. The maximum atomic E-state index is 13.9. The molecular weight excluding hydrogens is 338 g/mol. The topological polar surface area (TPSA) is 44.1 Å². The van der Waals surface area contributed by atoms with Crippen LogP contribution in [0, 0.1) is 5.82 Å². The summed E-state index contributed by atoms with van der Waals surface area (Å²) in [6.45, 7) is 5.16. The predicted molar refractivity (Wildman–Crippen MR) is 74.0 cm³/mol. The van der Waals surface area contributed by atoms with Crippen LogP contribution < -0.4 is 0 Å². The molecule has 0 aliphatic rings. The standard InChI is InChI=1S/C12H11BrClFN2O2/c1-12(2,3)19-11(18)17-9-7(10(13)16-17)4-6(14)5-8(9)15/h4-5H,1-3H3. The van der Waals surface area contributed by atoms with E-state index in [0.29, 0.717) is 9.99 Å². The fourth-order valence-corrected chi connectivity index (χ4v) is 2.23. The Kier molecular flexibility index (Phi) is 3.57. The summed E-state index contributed by atoms with van der Waals surface area (Å²) in [6, 6.07) is 2.65. The molecular formula is C12H11BrClFN2O2. The Morgan fingerprint density at radius 3 is 2.68 bits per heavy atom. The first kappa shape index (κ1) is 14.3. The van der Waals surface area contributed by atoms with Crippen LogP contribution in [0.25, 0.3) is 10.9 Å². The third-order valence-electron chi connectivity index (χ3n) is 2.22. The van der Waals surface area contributed by atoms with Gasteiger partial charge in [-0.05, 0) is 48.8 Å². The second kappa shape index (κ2) is 4.76. The third-order valence-corrected chi connectivity index (χ3v) is 3.02. The van der Waals surface area contributed by atoms with Gasteiger partial charge in [-0.25, -0.2) is 9.18 Å². The van der Waals surface area contributed by atoms with Crippen molar-refractivity contribution in [1.29, 1.82) is 0 Å². The van der Waals surface area contributed by atoms with Gasteiger partial charge in [-0.2, -0.15) is 9.78 Å². The number of benzene rings is 1. The molecule has 0 saturated carbocycles. The molecule has 1 aromatic heterocycles. The Morgan fingerprint density at radius 2 is 2.11 bits per heavy atom. The van der Waals surface area contributed by atoms with Crippen LogP contribution in [-0.4, -0.2) is 21.5 Å². The number of hydrogen-bond donors (Lipinski definition) is 0. The van der Waals surface area contributed by atoms with Gasteiger partial charge < -0.3 is 4.74 Å². The Bertz CT molecular complexity index is 664. The highest BCUT2D eigenvalue weighted by molar-refractivity contribution is 9.10. The van der Waals surface area contributed by atoms with E-state index >= 15 is 0 Å². The zero-order chi connectivity index (χ0) is 14.4. The van der Waals surface area contributed by atoms with Crippen LogP contribution in [0.15, 0.2) is 16.7 Å². The van der Waals surface area contributed by atoms with E-state index in [-0.39, 0.29) is 10.5 Å². The molecule has 7 heteroatoms. The summed E-state index contributed by atoms with van der Waals surface area (Å²) >= 11 is 8.95. The lowest BCUT2D eigenvalue weighted by Crippen LogP contribution is -2.27. The van der Waals surface area contributed by atoms with Crippen LogP contribution in [0.1, 0.15) is 20.8 Å². The van der Waals surface area contributed by atoms with E-state index in [1.165, 1.54) is 6.07 Å². The maximum absolute atomic E-state index is 13.9. The van der Waals surface area contributed by atoms with Crippen molar-refractivity contribution in [2.24, 2.45) is 0 Å². The molecule has 1 heterocycles. The highest BCUT2D eigenvalue weighted by Crippen LogP contribution is 2.29. The van der Waals surface area contributed by atoms with E-state index in [2.05, 4.69) is 21.0 Å². The molecule has 1 aromatic carbocycles. The fourth-order valence-electron chi connectivity index (χ4n) is 1.57. The molecule has 0 amide bonds. The summed E-state index contributed by atoms with van der Waals surface area (Å²) in [7, 11) is 0.